The average molecular weight is 795 g/mol. The smallest absolute Gasteiger partial charge is 0.455 e. The Kier molecular flexibility index (Phi) is 8.42. The van der Waals surface area contributed by atoms with Gasteiger partial charge >= 0.3 is 21.1 Å². The molecule has 234 valence electrons. The minimum Gasteiger partial charge on any atom is -0.455 e. The van der Waals surface area contributed by atoms with Crippen molar-refractivity contribution in [1.82, 2.24) is 9.97 Å². The van der Waals surface area contributed by atoms with Crippen LogP contribution >= 0.6 is 0 Å². The summed E-state index contributed by atoms with van der Waals surface area (Å²) in [6.07, 6.45) is 5.79. The van der Waals surface area contributed by atoms with Gasteiger partial charge in [0.2, 0.25) is 0 Å². The quantitative estimate of drug-likeness (QED) is 0.143. The van der Waals surface area contributed by atoms with E-state index in [-0.39, 0.29) is 27.1 Å². The number of nitrogens with zero attached hydrogens (tertiary/aromatic N) is 3. The summed E-state index contributed by atoms with van der Waals surface area (Å²) in [4.78, 5) is 11.9. The molecule has 0 aliphatic heterocycles. The van der Waals surface area contributed by atoms with Gasteiger partial charge in [0.25, 0.3) is 0 Å². The molecule has 0 saturated heterocycles. The van der Waals surface area contributed by atoms with Crippen molar-refractivity contribution in [2.45, 2.75) is 39.7 Å². The number of pyridine rings is 2. The molecule has 6 heteroatoms. The Balaban J connectivity index is 0.00000351. The first-order valence-electron chi connectivity index (χ1n) is 15.9. The molecule has 0 bridgehead atoms. The molecule has 4 heterocycles. The molecule has 8 aromatic rings. The molecule has 0 fully saturated rings. The van der Waals surface area contributed by atoms with Gasteiger partial charge in [0.05, 0.1) is 12.4 Å². The molecule has 47 heavy (non-hydrogen) atoms. The van der Waals surface area contributed by atoms with E-state index in [0.29, 0.717) is 5.92 Å². The van der Waals surface area contributed by atoms with E-state index in [1.807, 2.05) is 48.8 Å². The molecule has 0 N–H and O–H groups in total. The zero-order valence-corrected chi connectivity index (χ0v) is 28.7. The van der Waals surface area contributed by atoms with Crippen molar-refractivity contribution in [2.24, 2.45) is 5.92 Å². The topological polar surface area (TPSA) is 55.3 Å². The largest absolute Gasteiger partial charge is 2.00 e. The van der Waals surface area contributed by atoms with Gasteiger partial charge in [-0.15, -0.1) is 59.7 Å². The van der Waals surface area contributed by atoms with E-state index in [0.717, 1.165) is 90.6 Å². The number of hydrogen-bond acceptors (Lipinski definition) is 5. The summed E-state index contributed by atoms with van der Waals surface area (Å²) in [5.41, 5.74) is 8.83. The second-order valence-corrected chi connectivity index (χ2v) is 12.4. The molecule has 1 unspecified atom stereocenters. The fourth-order valence-corrected chi connectivity index (χ4v) is 6.36. The van der Waals surface area contributed by atoms with Crippen LogP contribution in [0.15, 0.2) is 118 Å². The summed E-state index contributed by atoms with van der Waals surface area (Å²) in [7, 11) is 0. The monoisotopic (exact) mass is 794 g/mol. The molecular weight excluding hydrogens is 762 g/mol. The molecule has 0 saturated carbocycles. The van der Waals surface area contributed by atoms with Gasteiger partial charge in [0, 0.05) is 27.6 Å². The molecule has 4 aromatic carbocycles. The first kappa shape index (κ1) is 30.9. The third-order valence-electron chi connectivity index (χ3n) is 8.76. The number of para-hydroxylation sites is 2. The van der Waals surface area contributed by atoms with E-state index < -0.39 is 0 Å². The van der Waals surface area contributed by atoms with Crippen LogP contribution in [0.1, 0.15) is 33.6 Å². The third kappa shape index (κ3) is 5.85. The molecule has 1 atom stereocenters. The predicted octanol–water partition coefficient (Wildman–Crippen LogP) is 11.2. The van der Waals surface area contributed by atoms with Gasteiger partial charge in [0.1, 0.15) is 11.2 Å². The number of fused-ring (bicyclic) bond motifs is 6. The third-order valence-corrected chi connectivity index (χ3v) is 8.76. The number of hydrogen-bond donors (Lipinski definition) is 0. The molecule has 0 aliphatic carbocycles. The second kappa shape index (κ2) is 12.8. The van der Waals surface area contributed by atoms with E-state index in [9.17, 15) is 0 Å². The van der Waals surface area contributed by atoms with Gasteiger partial charge in [-0.1, -0.05) is 62.4 Å². The van der Waals surface area contributed by atoms with E-state index in [1.54, 1.807) is 0 Å². The molecule has 0 radical (unpaired) electrons. The van der Waals surface area contributed by atoms with Crippen LogP contribution in [0.2, 0.25) is 0 Å². The maximum Gasteiger partial charge on any atom is 2.00 e. The zero-order chi connectivity index (χ0) is 31.2. The van der Waals surface area contributed by atoms with Gasteiger partial charge in [-0.3, -0.25) is 0 Å². The number of benzene rings is 4. The van der Waals surface area contributed by atoms with Crippen LogP contribution < -0.4 is 4.90 Å². The number of aromatic nitrogens is 2. The first-order chi connectivity index (χ1) is 22.5. The van der Waals surface area contributed by atoms with Crippen molar-refractivity contribution in [3.8, 4) is 22.5 Å². The Bertz CT molecular complexity index is 2200. The Morgan fingerprint density at radius 1 is 0.574 bits per heavy atom. The van der Waals surface area contributed by atoms with Crippen LogP contribution in [-0.4, -0.2) is 16.0 Å². The Labute approximate surface area is 288 Å². The van der Waals surface area contributed by atoms with Crippen molar-refractivity contribution < 1.29 is 29.9 Å². The minimum absolute atomic E-state index is 0. The predicted molar refractivity (Wildman–Crippen MR) is 187 cm³/mol. The number of anilines is 2. The van der Waals surface area contributed by atoms with Crippen LogP contribution in [0.3, 0.4) is 0 Å². The van der Waals surface area contributed by atoms with Crippen LogP contribution in [0, 0.1) is 18.1 Å². The van der Waals surface area contributed by atoms with Crippen molar-refractivity contribution >= 4 is 55.3 Å². The molecule has 0 spiro atoms. The summed E-state index contributed by atoms with van der Waals surface area (Å²) in [5.74, 6) is 0.608. The average Bonchev–Trinajstić information content (AvgIpc) is 3.65. The van der Waals surface area contributed by atoms with E-state index in [1.165, 1.54) is 0 Å². The van der Waals surface area contributed by atoms with Gasteiger partial charge in [-0.05, 0) is 60.6 Å². The van der Waals surface area contributed by atoms with Crippen molar-refractivity contribution in [3.05, 3.63) is 122 Å². The molecule has 5 nitrogen and oxygen atoms in total. The SMILES string of the molecule is CC(C)CCC(C)N(c1[c-]c(-c2cc3c(cn2)oc2ccccc23)ccc1)c1[c-]c(-c2cc3c(cn2)oc2ccccc23)ccc1.[Pt+2]. The Hall–Kier alpha value is -4.73. The first-order valence-corrected chi connectivity index (χ1v) is 15.9. The maximum absolute atomic E-state index is 6.03. The van der Waals surface area contributed by atoms with Crippen molar-refractivity contribution in [3.63, 3.8) is 0 Å². The van der Waals surface area contributed by atoms with Gasteiger partial charge in [-0.2, -0.15) is 0 Å². The number of rotatable bonds is 8. The molecular formula is C41H33N3O2Pt. The molecule has 8 rings (SSSR count). The van der Waals surface area contributed by atoms with Gasteiger partial charge in [-0.25, -0.2) is 0 Å². The van der Waals surface area contributed by atoms with Crippen LogP contribution in [0.25, 0.3) is 66.4 Å². The van der Waals surface area contributed by atoms with Crippen molar-refractivity contribution in [1.29, 1.82) is 0 Å². The summed E-state index contributed by atoms with van der Waals surface area (Å²) in [5, 5.41) is 4.28. The molecule has 4 aromatic heterocycles. The molecule has 0 amide bonds. The van der Waals surface area contributed by atoms with Crippen LogP contribution in [-0.2, 0) is 21.1 Å². The normalized spacial score (nSPS) is 12.3. The zero-order valence-electron chi connectivity index (χ0n) is 26.4. The molecule has 0 aliphatic rings. The van der Waals surface area contributed by atoms with Crippen LogP contribution in [0.4, 0.5) is 11.4 Å². The maximum atomic E-state index is 6.03. The standard InChI is InChI=1S/C41H33N3O2.Pt/c1-26(2)18-19-27(3)44(30-12-8-10-28(20-30)36-22-34-32-14-4-6-16-38(32)45-40(34)24-42-36)31-13-9-11-29(21-31)37-23-35-33-15-5-7-17-39(33)46-41(35)25-43-37;/h4-17,22-27H,18-19H2,1-3H3;/q-2;+2. The Morgan fingerprint density at radius 2 is 1.06 bits per heavy atom. The summed E-state index contributed by atoms with van der Waals surface area (Å²) < 4.78 is 12.1. The summed E-state index contributed by atoms with van der Waals surface area (Å²) in [6, 6.07) is 40.7. The number of furan rings is 2. The Morgan fingerprint density at radius 3 is 1.55 bits per heavy atom. The van der Waals surface area contributed by atoms with Crippen LogP contribution in [0.5, 0.6) is 0 Å². The minimum atomic E-state index is 0. The van der Waals surface area contributed by atoms with Gasteiger partial charge in [0.15, 0.2) is 11.2 Å². The van der Waals surface area contributed by atoms with Gasteiger partial charge < -0.3 is 23.7 Å². The van der Waals surface area contributed by atoms with E-state index in [4.69, 9.17) is 18.8 Å². The van der Waals surface area contributed by atoms with E-state index >= 15 is 0 Å². The van der Waals surface area contributed by atoms with Crippen molar-refractivity contribution in [2.75, 3.05) is 4.90 Å². The van der Waals surface area contributed by atoms with E-state index in [2.05, 4.69) is 98.5 Å². The fourth-order valence-electron chi connectivity index (χ4n) is 6.36. The summed E-state index contributed by atoms with van der Waals surface area (Å²) in [6.45, 7) is 6.84. The summed E-state index contributed by atoms with van der Waals surface area (Å²) >= 11 is 0. The fraction of sp³-hybridized carbons (Fsp3) is 0.171. The second-order valence-electron chi connectivity index (χ2n) is 12.4.